The lowest BCUT2D eigenvalue weighted by atomic mass is 9.85. The first-order valence-electron chi connectivity index (χ1n) is 8.42. The van der Waals surface area contributed by atoms with Crippen LogP contribution >= 0.6 is 0 Å². The highest BCUT2D eigenvalue weighted by atomic mass is 16.5. The molecule has 2 fully saturated rings. The van der Waals surface area contributed by atoms with Crippen LogP contribution < -0.4 is 20.1 Å². The van der Waals surface area contributed by atoms with Gasteiger partial charge in [-0.25, -0.2) is 0 Å². The Hall–Kier alpha value is -1.75. The van der Waals surface area contributed by atoms with Crippen molar-refractivity contribution < 1.29 is 14.3 Å². The molecule has 0 aromatic heterocycles. The van der Waals surface area contributed by atoms with E-state index in [1.54, 1.807) is 14.2 Å². The molecule has 3 atom stereocenters. The molecular weight excluding hydrogens is 292 g/mol. The first-order valence-corrected chi connectivity index (χ1v) is 8.42. The number of methoxy groups -OCH3 is 2. The zero-order chi connectivity index (χ0) is 16.4. The van der Waals surface area contributed by atoms with Crippen LogP contribution in [0.25, 0.3) is 0 Å². The summed E-state index contributed by atoms with van der Waals surface area (Å²) in [5.41, 5.74) is 1.75. The Labute approximate surface area is 137 Å². The molecule has 0 spiro atoms. The average molecular weight is 318 g/mol. The third kappa shape index (κ3) is 3.29. The third-order valence-electron chi connectivity index (χ3n) is 5.17. The Balaban J connectivity index is 1.70. The molecule has 1 amide bonds. The van der Waals surface area contributed by atoms with E-state index in [1.807, 2.05) is 19.1 Å². The van der Waals surface area contributed by atoms with E-state index in [1.165, 1.54) is 25.7 Å². The van der Waals surface area contributed by atoms with Crippen LogP contribution in [0.2, 0.25) is 0 Å². The Morgan fingerprint density at radius 2 is 1.87 bits per heavy atom. The van der Waals surface area contributed by atoms with Crippen LogP contribution in [-0.4, -0.2) is 32.2 Å². The van der Waals surface area contributed by atoms with Gasteiger partial charge in [-0.3, -0.25) is 4.79 Å². The lowest BCUT2D eigenvalue weighted by Crippen LogP contribution is -2.40. The number of ether oxygens (including phenoxy) is 2. The van der Waals surface area contributed by atoms with Crippen molar-refractivity contribution in [1.29, 1.82) is 0 Å². The fourth-order valence-corrected chi connectivity index (χ4v) is 3.86. The number of carbonyl (C=O) groups excluding carboxylic acids is 1. The minimum Gasteiger partial charge on any atom is -0.493 e. The molecule has 2 aliphatic rings. The number of nitrogens with one attached hydrogen (secondary N) is 2. The number of aryl methyl sites for hydroxylation is 1. The minimum atomic E-state index is -0.0874. The SMILES string of the molecule is COc1cc(C)c(NC(=O)C2CC3CCCCC3N2)cc1OC. The summed E-state index contributed by atoms with van der Waals surface area (Å²) in [5.74, 6) is 2.01. The quantitative estimate of drug-likeness (QED) is 0.896. The maximum Gasteiger partial charge on any atom is 0.241 e. The first kappa shape index (κ1) is 16.1. The molecule has 5 nitrogen and oxygen atoms in total. The Morgan fingerprint density at radius 3 is 2.57 bits per heavy atom. The molecule has 3 unspecified atom stereocenters. The van der Waals surface area contributed by atoms with Crippen LogP contribution in [0.15, 0.2) is 12.1 Å². The summed E-state index contributed by atoms with van der Waals surface area (Å²) in [6, 6.07) is 4.14. The molecule has 1 saturated carbocycles. The summed E-state index contributed by atoms with van der Waals surface area (Å²) in [6.45, 7) is 1.96. The van der Waals surface area contributed by atoms with Crippen molar-refractivity contribution in [2.75, 3.05) is 19.5 Å². The van der Waals surface area contributed by atoms with Crippen LogP contribution in [0.4, 0.5) is 5.69 Å². The zero-order valence-electron chi connectivity index (χ0n) is 14.1. The van der Waals surface area contributed by atoms with Crippen LogP contribution in [0.3, 0.4) is 0 Å². The van der Waals surface area contributed by atoms with E-state index >= 15 is 0 Å². The van der Waals surface area contributed by atoms with E-state index in [4.69, 9.17) is 9.47 Å². The summed E-state index contributed by atoms with van der Waals surface area (Å²) in [4.78, 5) is 12.6. The van der Waals surface area contributed by atoms with Gasteiger partial charge < -0.3 is 20.1 Å². The molecule has 1 aromatic carbocycles. The van der Waals surface area contributed by atoms with Gasteiger partial charge in [0.2, 0.25) is 5.91 Å². The van der Waals surface area contributed by atoms with Gasteiger partial charge in [-0.05, 0) is 43.7 Å². The number of amides is 1. The monoisotopic (exact) mass is 318 g/mol. The highest BCUT2D eigenvalue weighted by molar-refractivity contribution is 5.96. The van der Waals surface area contributed by atoms with E-state index in [-0.39, 0.29) is 11.9 Å². The Bertz CT molecular complexity index is 574. The van der Waals surface area contributed by atoms with E-state index in [0.29, 0.717) is 23.5 Å². The molecule has 1 aromatic rings. The summed E-state index contributed by atoms with van der Waals surface area (Å²) in [5, 5.41) is 6.57. The first-order chi connectivity index (χ1) is 11.1. The van der Waals surface area contributed by atoms with Crippen molar-refractivity contribution in [2.45, 2.75) is 51.1 Å². The molecule has 23 heavy (non-hydrogen) atoms. The number of benzene rings is 1. The van der Waals surface area contributed by atoms with Crippen LogP contribution in [0, 0.1) is 12.8 Å². The van der Waals surface area contributed by atoms with E-state index in [2.05, 4.69) is 10.6 Å². The van der Waals surface area contributed by atoms with Gasteiger partial charge in [-0.1, -0.05) is 12.8 Å². The third-order valence-corrected chi connectivity index (χ3v) is 5.17. The lowest BCUT2D eigenvalue weighted by Gasteiger charge is -2.24. The number of hydrogen-bond donors (Lipinski definition) is 2. The van der Waals surface area contributed by atoms with E-state index < -0.39 is 0 Å². The zero-order valence-corrected chi connectivity index (χ0v) is 14.1. The number of carbonyl (C=O) groups is 1. The van der Waals surface area contributed by atoms with Gasteiger partial charge in [0, 0.05) is 17.8 Å². The van der Waals surface area contributed by atoms with Crippen molar-refractivity contribution in [3.05, 3.63) is 17.7 Å². The van der Waals surface area contributed by atoms with Crippen LogP contribution in [0.5, 0.6) is 11.5 Å². The standard InChI is InChI=1S/C18H26N2O3/c1-11-8-16(22-2)17(23-3)10-14(11)20-18(21)15-9-12-6-4-5-7-13(12)19-15/h8,10,12-13,15,19H,4-7,9H2,1-3H3,(H,20,21). The molecule has 5 heteroatoms. The average Bonchev–Trinajstić information content (AvgIpc) is 3.00. The van der Waals surface area contributed by atoms with Crippen molar-refractivity contribution in [2.24, 2.45) is 5.92 Å². The lowest BCUT2D eigenvalue weighted by molar-refractivity contribution is -0.117. The van der Waals surface area contributed by atoms with Gasteiger partial charge in [-0.2, -0.15) is 0 Å². The second-order valence-electron chi connectivity index (χ2n) is 6.62. The summed E-state index contributed by atoms with van der Waals surface area (Å²) in [7, 11) is 3.21. The fraction of sp³-hybridized carbons (Fsp3) is 0.611. The molecule has 2 N–H and O–H groups in total. The van der Waals surface area contributed by atoms with E-state index in [0.717, 1.165) is 17.7 Å². The molecule has 3 rings (SSSR count). The second-order valence-corrected chi connectivity index (χ2v) is 6.62. The summed E-state index contributed by atoms with van der Waals surface area (Å²) < 4.78 is 10.6. The maximum atomic E-state index is 12.6. The minimum absolute atomic E-state index is 0.0507. The van der Waals surface area contributed by atoms with E-state index in [9.17, 15) is 4.79 Å². The second kappa shape index (κ2) is 6.79. The van der Waals surface area contributed by atoms with Gasteiger partial charge in [0.15, 0.2) is 11.5 Å². The normalized spacial score (nSPS) is 26.5. The van der Waals surface area contributed by atoms with Crippen molar-refractivity contribution >= 4 is 11.6 Å². The molecule has 1 aliphatic carbocycles. The Morgan fingerprint density at radius 1 is 1.17 bits per heavy atom. The van der Waals surface area contributed by atoms with Crippen LogP contribution in [-0.2, 0) is 4.79 Å². The number of hydrogen-bond acceptors (Lipinski definition) is 4. The predicted octanol–water partition coefficient (Wildman–Crippen LogP) is 2.87. The smallest absolute Gasteiger partial charge is 0.241 e. The molecule has 126 valence electrons. The summed E-state index contributed by atoms with van der Waals surface area (Å²) in [6.07, 6.45) is 5.97. The molecule has 1 heterocycles. The topological polar surface area (TPSA) is 59.6 Å². The molecular formula is C18H26N2O3. The van der Waals surface area contributed by atoms with Gasteiger partial charge in [0.25, 0.3) is 0 Å². The number of anilines is 1. The number of fused-ring (bicyclic) bond motifs is 1. The van der Waals surface area contributed by atoms with Crippen molar-refractivity contribution in [1.82, 2.24) is 5.32 Å². The molecule has 1 aliphatic heterocycles. The van der Waals surface area contributed by atoms with Crippen LogP contribution in [0.1, 0.15) is 37.7 Å². The van der Waals surface area contributed by atoms with Gasteiger partial charge in [0.1, 0.15) is 0 Å². The molecule has 1 saturated heterocycles. The van der Waals surface area contributed by atoms with Gasteiger partial charge >= 0.3 is 0 Å². The predicted molar refractivity (Wildman–Crippen MR) is 90.2 cm³/mol. The maximum absolute atomic E-state index is 12.6. The number of rotatable bonds is 4. The summed E-state index contributed by atoms with van der Waals surface area (Å²) >= 11 is 0. The highest BCUT2D eigenvalue weighted by Crippen LogP contribution is 2.35. The molecule has 0 radical (unpaired) electrons. The Kier molecular flexibility index (Phi) is 4.76. The fourth-order valence-electron chi connectivity index (χ4n) is 3.86. The highest BCUT2D eigenvalue weighted by Gasteiger charge is 2.38. The van der Waals surface area contributed by atoms with Gasteiger partial charge in [-0.15, -0.1) is 0 Å². The van der Waals surface area contributed by atoms with Crippen molar-refractivity contribution in [3.63, 3.8) is 0 Å². The largest absolute Gasteiger partial charge is 0.493 e. The van der Waals surface area contributed by atoms with Gasteiger partial charge in [0.05, 0.1) is 20.3 Å². The van der Waals surface area contributed by atoms with Crippen molar-refractivity contribution in [3.8, 4) is 11.5 Å². The molecule has 0 bridgehead atoms.